The van der Waals surface area contributed by atoms with Crippen molar-refractivity contribution in [2.45, 2.75) is 38.0 Å². The van der Waals surface area contributed by atoms with Crippen LogP contribution in [0.5, 0.6) is 5.75 Å². The molecule has 0 radical (unpaired) electrons. The number of hydrogen-bond donors (Lipinski definition) is 1. The largest absolute Gasteiger partial charge is 0.493 e. The van der Waals surface area contributed by atoms with Crippen molar-refractivity contribution in [1.29, 1.82) is 0 Å². The van der Waals surface area contributed by atoms with E-state index in [1.807, 2.05) is 6.07 Å². The zero-order chi connectivity index (χ0) is 13.5. The van der Waals surface area contributed by atoms with Gasteiger partial charge in [-0.05, 0) is 43.2 Å². The summed E-state index contributed by atoms with van der Waals surface area (Å²) in [5.74, 6) is 2.34. The summed E-state index contributed by atoms with van der Waals surface area (Å²) >= 11 is 5.63. The zero-order valence-corrected chi connectivity index (χ0v) is 13.9. The Kier molecular flexibility index (Phi) is 6.54. The molecule has 0 aromatic heterocycles. The van der Waals surface area contributed by atoms with Gasteiger partial charge in [-0.15, -0.1) is 0 Å². The van der Waals surface area contributed by atoms with E-state index in [4.69, 9.17) is 4.74 Å². The van der Waals surface area contributed by atoms with Gasteiger partial charge >= 0.3 is 0 Å². The van der Waals surface area contributed by atoms with Gasteiger partial charge in [0.2, 0.25) is 0 Å². The molecule has 2 nitrogen and oxygen atoms in total. The van der Waals surface area contributed by atoms with Crippen LogP contribution in [0, 0.1) is 0 Å². The Morgan fingerprint density at radius 2 is 2.37 bits per heavy atom. The fraction of sp³-hybridized carbons (Fsp3) is 0.600. The Morgan fingerprint density at radius 1 is 1.47 bits per heavy atom. The van der Waals surface area contributed by atoms with Crippen LogP contribution < -0.4 is 10.1 Å². The van der Waals surface area contributed by atoms with Gasteiger partial charge in [-0.3, -0.25) is 0 Å². The van der Waals surface area contributed by atoms with Crippen molar-refractivity contribution in [3.8, 4) is 5.75 Å². The Morgan fingerprint density at radius 3 is 3.11 bits per heavy atom. The zero-order valence-electron chi connectivity index (χ0n) is 11.5. The molecule has 1 unspecified atom stereocenters. The smallest absolute Gasteiger partial charge is 0.123 e. The predicted octanol–water partition coefficient (Wildman–Crippen LogP) is 4.22. The average molecular weight is 344 g/mol. The second-order valence-electron chi connectivity index (χ2n) is 4.87. The molecule has 19 heavy (non-hydrogen) atoms. The maximum absolute atomic E-state index is 5.80. The van der Waals surface area contributed by atoms with Crippen LogP contribution in [0.15, 0.2) is 22.7 Å². The lowest BCUT2D eigenvalue weighted by atomic mass is 10.2. The Bertz CT molecular complexity index is 394. The summed E-state index contributed by atoms with van der Waals surface area (Å²) in [7, 11) is 0. The van der Waals surface area contributed by atoms with Crippen molar-refractivity contribution in [2.75, 3.05) is 18.9 Å². The van der Waals surface area contributed by atoms with E-state index >= 15 is 0 Å². The van der Waals surface area contributed by atoms with Crippen molar-refractivity contribution < 1.29 is 4.74 Å². The lowest BCUT2D eigenvalue weighted by Crippen LogP contribution is -2.23. The van der Waals surface area contributed by atoms with Crippen LogP contribution >= 0.6 is 27.7 Å². The van der Waals surface area contributed by atoms with Gasteiger partial charge < -0.3 is 10.1 Å². The fourth-order valence-electron chi connectivity index (χ4n) is 2.21. The first-order valence-electron chi connectivity index (χ1n) is 7.03. The van der Waals surface area contributed by atoms with E-state index in [0.717, 1.165) is 41.6 Å². The summed E-state index contributed by atoms with van der Waals surface area (Å²) in [6, 6.07) is 6.25. The highest BCUT2D eigenvalue weighted by molar-refractivity contribution is 9.10. The molecule has 1 aliphatic heterocycles. The highest BCUT2D eigenvalue weighted by Crippen LogP contribution is 2.26. The molecule has 0 aliphatic carbocycles. The molecule has 2 rings (SSSR count). The van der Waals surface area contributed by atoms with Gasteiger partial charge in [0.15, 0.2) is 0 Å². The Balaban J connectivity index is 1.87. The number of ether oxygens (including phenoxy) is 1. The molecule has 1 fully saturated rings. The molecule has 1 heterocycles. The molecule has 0 saturated carbocycles. The van der Waals surface area contributed by atoms with Crippen molar-refractivity contribution in [3.05, 3.63) is 28.2 Å². The van der Waals surface area contributed by atoms with Crippen LogP contribution in [-0.2, 0) is 6.54 Å². The van der Waals surface area contributed by atoms with Crippen LogP contribution in [0.25, 0.3) is 0 Å². The molecule has 0 amide bonds. The van der Waals surface area contributed by atoms with Gasteiger partial charge in [-0.2, -0.15) is 11.8 Å². The minimum atomic E-state index is 0.785. The van der Waals surface area contributed by atoms with Gasteiger partial charge in [0.25, 0.3) is 0 Å². The first-order valence-corrected chi connectivity index (χ1v) is 8.87. The number of rotatable bonds is 7. The maximum Gasteiger partial charge on any atom is 0.123 e. The number of hydrogen-bond acceptors (Lipinski definition) is 3. The van der Waals surface area contributed by atoms with Crippen molar-refractivity contribution in [1.82, 2.24) is 5.32 Å². The minimum absolute atomic E-state index is 0.785. The monoisotopic (exact) mass is 343 g/mol. The number of thioether (sulfide) groups is 1. The fourth-order valence-corrected chi connectivity index (χ4v) is 3.86. The standard InChI is InChI=1S/C15H22BrNOS/c1-2-7-18-15-6-5-13(16)9-12(15)10-17-11-14-4-3-8-19-14/h5-6,9,14,17H,2-4,7-8,10-11H2,1H3. The molecule has 106 valence electrons. The third kappa shape index (κ3) is 5.01. The highest BCUT2D eigenvalue weighted by Gasteiger charge is 2.15. The molecular formula is C15H22BrNOS. The van der Waals surface area contributed by atoms with Gasteiger partial charge in [-0.25, -0.2) is 0 Å². The van der Waals surface area contributed by atoms with Crippen molar-refractivity contribution >= 4 is 27.7 Å². The van der Waals surface area contributed by atoms with Gasteiger partial charge in [-0.1, -0.05) is 22.9 Å². The van der Waals surface area contributed by atoms with Gasteiger partial charge in [0, 0.05) is 28.4 Å². The lowest BCUT2D eigenvalue weighted by Gasteiger charge is -2.14. The number of halogens is 1. The molecule has 0 spiro atoms. The third-order valence-electron chi connectivity index (χ3n) is 3.20. The summed E-state index contributed by atoms with van der Waals surface area (Å²) in [6.45, 7) is 4.90. The first kappa shape index (κ1) is 15.2. The Hall–Kier alpha value is -0.190. The molecule has 1 saturated heterocycles. The van der Waals surface area contributed by atoms with Crippen LogP contribution in [0.4, 0.5) is 0 Å². The van der Waals surface area contributed by atoms with E-state index in [-0.39, 0.29) is 0 Å². The summed E-state index contributed by atoms with van der Waals surface area (Å²) in [4.78, 5) is 0. The van der Waals surface area contributed by atoms with E-state index < -0.39 is 0 Å². The van der Waals surface area contributed by atoms with Crippen LogP contribution in [0.3, 0.4) is 0 Å². The quantitative estimate of drug-likeness (QED) is 0.800. The summed E-state index contributed by atoms with van der Waals surface area (Å²) in [5, 5.41) is 4.36. The molecule has 1 aliphatic rings. The molecule has 1 aromatic carbocycles. The third-order valence-corrected chi connectivity index (χ3v) is 5.09. The minimum Gasteiger partial charge on any atom is -0.493 e. The first-order chi connectivity index (χ1) is 9.29. The van der Waals surface area contributed by atoms with Gasteiger partial charge in [0.05, 0.1) is 6.61 Å². The number of nitrogens with one attached hydrogen (secondary N) is 1. The second kappa shape index (κ2) is 8.18. The maximum atomic E-state index is 5.80. The van der Waals surface area contributed by atoms with Gasteiger partial charge in [0.1, 0.15) is 5.75 Å². The molecule has 4 heteroatoms. The highest BCUT2D eigenvalue weighted by atomic mass is 79.9. The topological polar surface area (TPSA) is 21.3 Å². The summed E-state index contributed by atoms with van der Waals surface area (Å²) < 4.78 is 6.91. The van der Waals surface area contributed by atoms with Crippen molar-refractivity contribution in [2.24, 2.45) is 0 Å². The molecule has 1 N–H and O–H groups in total. The number of benzene rings is 1. The summed E-state index contributed by atoms with van der Waals surface area (Å²) in [5.41, 5.74) is 1.24. The van der Waals surface area contributed by atoms with E-state index in [1.54, 1.807) is 0 Å². The molecule has 0 bridgehead atoms. The molecule has 1 aromatic rings. The summed E-state index contributed by atoms with van der Waals surface area (Å²) in [6.07, 6.45) is 3.77. The van der Waals surface area contributed by atoms with E-state index in [1.165, 1.54) is 24.2 Å². The average Bonchev–Trinajstić information content (AvgIpc) is 2.91. The Labute approximate surface area is 128 Å². The van der Waals surface area contributed by atoms with Crippen LogP contribution in [0.1, 0.15) is 31.7 Å². The molecule has 1 atom stereocenters. The second-order valence-corrected chi connectivity index (χ2v) is 7.19. The SMILES string of the molecule is CCCOc1ccc(Br)cc1CNCC1CCCS1. The normalized spacial score (nSPS) is 18.7. The van der Waals surface area contributed by atoms with E-state index in [2.05, 4.69) is 52.1 Å². The van der Waals surface area contributed by atoms with E-state index in [9.17, 15) is 0 Å². The van der Waals surface area contributed by atoms with E-state index in [0.29, 0.717) is 0 Å². The van der Waals surface area contributed by atoms with Crippen LogP contribution in [-0.4, -0.2) is 24.2 Å². The predicted molar refractivity (Wildman–Crippen MR) is 87.1 cm³/mol. The lowest BCUT2D eigenvalue weighted by molar-refractivity contribution is 0.313. The van der Waals surface area contributed by atoms with Crippen molar-refractivity contribution in [3.63, 3.8) is 0 Å². The molecular weight excluding hydrogens is 322 g/mol. The van der Waals surface area contributed by atoms with Crippen LogP contribution in [0.2, 0.25) is 0 Å².